The second-order valence-electron chi connectivity index (χ2n) is 6.59. The average Bonchev–Trinajstić information content (AvgIpc) is 2.53. The summed E-state index contributed by atoms with van der Waals surface area (Å²) < 4.78 is 12.2. The minimum atomic E-state index is 0.0694. The molecular weight excluding hydrogens is 342 g/mol. The molecular formula is C18H28BrNO2. The standard InChI is InChI=1S/C18H28BrNO2/c1-12(2)15-13(18(11-20)8-6-5-7-9-18)10-14(19)16(21-3)17(15)22-4/h10,12H,5-9,11,20H2,1-4H3. The minimum Gasteiger partial charge on any atom is -0.493 e. The molecule has 4 heteroatoms. The lowest BCUT2D eigenvalue weighted by Gasteiger charge is -2.39. The Hall–Kier alpha value is -0.740. The van der Waals surface area contributed by atoms with Crippen LogP contribution in [-0.2, 0) is 5.41 Å². The van der Waals surface area contributed by atoms with Gasteiger partial charge in [0.05, 0.1) is 18.7 Å². The third-order valence-corrected chi connectivity index (χ3v) is 5.58. The third-order valence-electron chi connectivity index (χ3n) is 4.99. The zero-order valence-corrected chi connectivity index (χ0v) is 15.8. The highest BCUT2D eigenvalue weighted by Gasteiger charge is 2.37. The van der Waals surface area contributed by atoms with E-state index in [0.717, 1.165) is 28.8 Å². The first-order valence-corrected chi connectivity index (χ1v) is 8.95. The molecule has 1 aliphatic rings. The Balaban J connectivity index is 2.71. The van der Waals surface area contributed by atoms with Crippen LogP contribution in [0.25, 0.3) is 0 Å². The van der Waals surface area contributed by atoms with Gasteiger partial charge in [-0.1, -0.05) is 33.1 Å². The molecule has 0 radical (unpaired) electrons. The SMILES string of the molecule is COc1c(Br)cc(C2(CN)CCCCC2)c(C(C)C)c1OC. The van der Waals surface area contributed by atoms with Crippen molar-refractivity contribution in [3.8, 4) is 11.5 Å². The molecule has 22 heavy (non-hydrogen) atoms. The van der Waals surface area contributed by atoms with Crippen molar-refractivity contribution in [2.45, 2.75) is 57.3 Å². The van der Waals surface area contributed by atoms with Gasteiger partial charge in [0.1, 0.15) is 0 Å². The van der Waals surface area contributed by atoms with Gasteiger partial charge in [0.15, 0.2) is 11.5 Å². The Labute approximate surface area is 142 Å². The maximum atomic E-state index is 6.26. The first kappa shape index (κ1) is 17.6. The maximum absolute atomic E-state index is 6.26. The third kappa shape index (κ3) is 3.00. The quantitative estimate of drug-likeness (QED) is 0.814. The molecule has 3 nitrogen and oxygen atoms in total. The smallest absolute Gasteiger partial charge is 0.175 e. The molecule has 0 atom stereocenters. The highest BCUT2D eigenvalue weighted by molar-refractivity contribution is 9.10. The molecule has 1 fully saturated rings. The zero-order chi connectivity index (χ0) is 16.3. The van der Waals surface area contributed by atoms with Crippen molar-refractivity contribution in [2.24, 2.45) is 5.73 Å². The van der Waals surface area contributed by atoms with E-state index in [9.17, 15) is 0 Å². The summed E-state index contributed by atoms with van der Waals surface area (Å²) >= 11 is 3.66. The predicted octanol–water partition coefficient (Wildman–Crippen LogP) is 4.75. The predicted molar refractivity (Wildman–Crippen MR) is 95.2 cm³/mol. The summed E-state index contributed by atoms with van der Waals surface area (Å²) in [6.45, 7) is 5.11. The molecule has 0 aromatic heterocycles. The summed E-state index contributed by atoms with van der Waals surface area (Å²) in [6.07, 6.45) is 6.13. The summed E-state index contributed by atoms with van der Waals surface area (Å²) in [5, 5.41) is 0. The van der Waals surface area contributed by atoms with E-state index in [2.05, 4.69) is 35.8 Å². The second kappa shape index (κ2) is 7.22. The van der Waals surface area contributed by atoms with Gasteiger partial charge in [-0.05, 0) is 46.3 Å². The number of nitrogens with two attached hydrogens (primary N) is 1. The summed E-state index contributed by atoms with van der Waals surface area (Å²) in [6, 6.07) is 2.22. The Morgan fingerprint density at radius 1 is 1.14 bits per heavy atom. The van der Waals surface area contributed by atoms with Crippen molar-refractivity contribution in [1.82, 2.24) is 0 Å². The Kier molecular flexibility index (Phi) is 5.78. The lowest BCUT2D eigenvalue weighted by Crippen LogP contribution is -2.38. The van der Waals surface area contributed by atoms with Gasteiger partial charge in [-0.3, -0.25) is 0 Å². The van der Waals surface area contributed by atoms with Crippen molar-refractivity contribution < 1.29 is 9.47 Å². The van der Waals surface area contributed by atoms with Crippen LogP contribution in [0.15, 0.2) is 10.5 Å². The van der Waals surface area contributed by atoms with Gasteiger partial charge in [-0.2, -0.15) is 0 Å². The lowest BCUT2D eigenvalue weighted by molar-refractivity contribution is 0.293. The lowest BCUT2D eigenvalue weighted by atomic mass is 9.67. The van der Waals surface area contributed by atoms with E-state index in [1.54, 1.807) is 14.2 Å². The van der Waals surface area contributed by atoms with Crippen LogP contribution in [0.3, 0.4) is 0 Å². The molecule has 0 aliphatic heterocycles. The molecule has 0 spiro atoms. The number of halogens is 1. The van der Waals surface area contributed by atoms with Crippen molar-refractivity contribution in [1.29, 1.82) is 0 Å². The largest absolute Gasteiger partial charge is 0.493 e. The van der Waals surface area contributed by atoms with Crippen molar-refractivity contribution >= 4 is 15.9 Å². The number of methoxy groups -OCH3 is 2. The second-order valence-corrected chi connectivity index (χ2v) is 7.44. The molecule has 0 amide bonds. The van der Waals surface area contributed by atoms with Crippen LogP contribution in [0.1, 0.15) is 63.0 Å². The van der Waals surface area contributed by atoms with Crippen LogP contribution in [-0.4, -0.2) is 20.8 Å². The summed E-state index contributed by atoms with van der Waals surface area (Å²) in [4.78, 5) is 0. The van der Waals surface area contributed by atoms with Gasteiger partial charge >= 0.3 is 0 Å². The van der Waals surface area contributed by atoms with Gasteiger partial charge in [0.25, 0.3) is 0 Å². The van der Waals surface area contributed by atoms with Crippen LogP contribution in [0, 0.1) is 0 Å². The van der Waals surface area contributed by atoms with Gasteiger partial charge in [-0.25, -0.2) is 0 Å². The highest BCUT2D eigenvalue weighted by Crippen LogP contribution is 2.50. The molecule has 1 aromatic rings. The Morgan fingerprint density at radius 2 is 1.73 bits per heavy atom. The first-order valence-electron chi connectivity index (χ1n) is 8.15. The highest BCUT2D eigenvalue weighted by atomic mass is 79.9. The van der Waals surface area contributed by atoms with Crippen molar-refractivity contribution in [3.05, 3.63) is 21.7 Å². The average molecular weight is 370 g/mol. The molecule has 2 N–H and O–H groups in total. The zero-order valence-electron chi connectivity index (χ0n) is 14.2. The molecule has 0 heterocycles. The summed E-state index contributed by atoms with van der Waals surface area (Å²) in [5.41, 5.74) is 8.92. The Bertz CT molecular complexity index is 522. The van der Waals surface area contributed by atoms with Gasteiger partial charge in [0.2, 0.25) is 0 Å². The van der Waals surface area contributed by atoms with E-state index in [1.807, 2.05) is 0 Å². The van der Waals surface area contributed by atoms with E-state index >= 15 is 0 Å². The topological polar surface area (TPSA) is 44.5 Å². The van der Waals surface area contributed by atoms with Gasteiger partial charge in [-0.15, -0.1) is 0 Å². The van der Waals surface area contributed by atoms with Crippen LogP contribution in [0.2, 0.25) is 0 Å². The monoisotopic (exact) mass is 369 g/mol. The van der Waals surface area contributed by atoms with E-state index in [0.29, 0.717) is 12.5 Å². The number of rotatable bonds is 5. The van der Waals surface area contributed by atoms with E-state index in [4.69, 9.17) is 15.2 Å². The number of ether oxygens (including phenoxy) is 2. The number of hydrogen-bond acceptors (Lipinski definition) is 3. The fourth-order valence-corrected chi connectivity index (χ4v) is 4.41. The minimum absolute atomic E-state index is 0.0694. The normalized spacial score (nSPS) is 17.6. The summed E-state index contributed by atoms with van der Waals surface area (Å²) in [5.74, 6) is 1.98. The van der Waals surface area contributed by atoms with Crippen LogP contribution in [0.5, 0.6) is 11.5 Å². The first-order chi connectivity index (χ1) is 10.5. The van der Waals surface area contributed by atoms with Crippen molar-refractivity contribution in [2.75, 3.05) is 20.8 Å². The fourth-order valence-electron chi connectivity index (χ4n) is 3.84. The molecule has 0 bridgehead atoms. The van der Waals surface area contributed by atoms with E-state index in [1.165, 1.54) is 30.4 Å². The molecule has 1 aliphatic carbocycles. The molecule has 2 rings (SSSR count). The van der Waals surface area contributed by atoms with E-state index in [-0.39, 0.29) is 5.41 Å². The summed E-state index contributed by atoms with van der Waals surface area (Å²) in [7, 11) is 3.40. The van der Waals surface area contributed by atoms with Gasteiger partial charge in [0, 0.05) is 17.5 Å². The van der Waals surface area contributed by atoms with Crippen LogP contribution in [0.4, 0.5) is 0 Å². The Morgan fingerprint density at radius 3 is 2.18 bits per heavy atom. The number of benzene rings is 1. The molecule has 1 aromatic carbocycles. The fraction of sp³-hybridized carbons (Fsp3) is 0.667. The maximum Gasteiger partial charge on any atom is 0.175 e. The molecule has 0 saturated heterocycles. The van der Waals surface area contributed by atoms with Crippen LogP contribution >= 0.6 is 15.9 Å². The van der Waals surface area contributed by atoms with Crippen molar-refractivity contribution in [3.63, 3.8) is 0 Å². The molecule has 124 valence electrons. The van der Waals surface area contributed by atoms with Gasteiger partial charge < -0.3 is 15.2 Å². The molecule has 1 saturated carbocycles. The molecule has 0 unspecified atom stereocenters. The van der Waals surface area contributed by atoms with Crippen LogP contribution < -0.4 is 15.2 Å². The van der Waals surface area contributed by atoms with E-state index < -0.39 is 0 Å². The number of hydrogen-bond donors (Lipinski definition) is 1.